The normalized spacial score (nSPS) is 25.8. The zero-order valence-electron chi connectivity index (χ0n) is 37.4. The Morgan fingerprint density at radius 1 is 0.469 bits per heavy atom. The fourth-order valence-electron chi connectivity index (χ4n) is 10.4. The standard InChI is InChI=1S/C51H67NO12/c1-3-45(53)59-30-5-7-32-61-48(55)38-19-11-34(12-20-38)36-15-23-40(24-16-36)50(57)63-43-27-28-44(47-42(43)10-9-29-52-47)64-51(58)41-25-17-37(18-26-41)35-13-21-39(22-14-35)49(56)62-33-8-6-31-60-46(54)4-2/h3-4,9-10,27-29,34-41H,1-2,5-8,11-26,30-33H2. The van der Waals surface area contributed by atoms with Crippen LogP contribution in [-0.2, 0) is 47.7 Å². The maximum Gasteiger partial charge on any atom is 0.330 e. The van der Waals surface area contributed by atoms with Gasteiger partial charge in [-0.3, -0.25) is 24.2 Å². The van der Waals surface area contributed by atoms with Crippen LogP contribution in [0.3, 0.4) is 0 Å². The first-order valence-electron chi connectivity index (χ1n) is 23.9. The largest absolute Gasteiger partial charge is 0.465 e. The maximum atomic E-state index is 13.5. The number of esters is 6. The molecule has 13 heteroatoms. The average molecular weight is 886 g/mol. The molecule has 13 nitrogen and oxygen atoms in total. The molecule has 348 valence electrons. The number of carbonyl (C=O) groups excluding carboxylic acids is 6. The third-order valence-corrected chi connectivity index (χ3v) is 14.3. The summed E-state index contributed by atoms with van der Waals surface area (Å²) in [6.45, 7) is 7.97. The zero-order valence-corrected chi connectivity index (χ0v) is 37.4. The summed E-state index contributed by atoms with van der Waals surface area (Å²) in [7, 11) is 0. The molecular weight excluding hydrogens is 819 g/mol. The van der Waals surface area contributed by atoms with Gasteiger partial charge in [0.15, 0.2) is 5.75 Å². The first-order chi connectivity index (χ1) is 31.1. The quantitative estimate of drug-likeness (QED) is 0.0405. The SMILES string of the molecule is C=CC(=O)OCCCCOC(=O)C1CCC(C2CCC(C(=O)Oc3ccc(OC(=O)C4CCC(C5CCC(C(=O)OCCCCOC(=O)C=C)CC5)CC4)c4ncccc34)CC2)CC1. The lowest BCUT2D eigenvalue weighted by Crippen LogP contribution is -2.31. The van der Waals surface area contributed by atoms with Crippen LogP contribution in [0.5, 0.6) is 11.5 Å². The summed E-state index contributed by atoms with van der Waals surface area (Å²) < 4.78 is 33.0. The molecule has 4 aliphatic rings. The number of aromatic nitrogens is 1. The molecule has 0 saturated heterocycles. The van der Waals surface area contributed by atoms with Crippen LogP contribution in [0.4, 0.5) is 0 Å². The van der Waals surface area contributed by atoms with E-state index in [4.69, 9.17) is 28.4 Å². The van der Waals surface area contributed by atoms with Gasteiger partial charge in [-0.25, -0.2) is 9.59 Å². The van der Waals surface area contributed by atoms with Gasteiger partial charge in [0.1, 0.15) is 11.3 Å². The minimum Gasteiger partial charge on any atom is -0.465 e. The summed E-state index contributed by atoms with van der Waals surface area (Å²) in [6, 6.07) is 7.00. The van der Waals surface area contributed by atoms with Crippen LogP contribution >= 0.6 is 0 Å². The molecule has 4 saturated carbocycles. The van der Waals surface area contributed by atoms with E-state index in [0.717, 1.165) is 115 Å². The molecule has 0 bridgehead atoms. The Hall–Kier alpha value is -5.07. The monoisotopic (exact) mass is 885 g/mol. The van der Waals surface area contributed by atoms with Crippen molar-refractivity contribution in [3.63, 3.8) is 0 Å². The zero-order chi connectivity index (χ0) is 45.3. The maximum absolute atomic E-state index is 13.5. The second-order valence-corrected chi connectivity index (χ2v) is 18.2. The summed E-state index contributed by atoms with van der Waals surface area (Å²) in [6.07, 6.45) is 20.5. The molecule has 0 unspecified atom stereocenters. The molecule has 0 spiro atoms. The second-order valence-electron chi connectivity index (χ2n) is 18.2. The van der Waals surface area contributed by atoms with Crippen molar-refractivity contribution in [1.82, 2.24) is 4.98 Å². The van der Waals surface area contributed by atoms with Crippen molar-refractivity contribution >= 4 is 46.7 Å². The number of rotatable bonds is 20. The number of fused-ring (bicyclic) bond motifs is 1. The van der Waals surface area contributed by atoms with Crippen molar-refractivity contribution < 1.29 is 57.2 Å². The van der Waals surface area contributed by atoms with E-state index in [9.17, 15) is 28.8 Å². The van der Waals surface area contributed by atoms with Gasteiger partial charge >= 0.3 is 35.8 Å². The fraction of sp³-hybridized carbons (Fsp3) is 0.627. The number of unbranched alkanes of at least 4 members (excludes halogenated alkanes) is 2. The highest BCUT2D eigenvalue weighted by molar-refractivity contribution is 5.93. The first-order valence-corrected chi connectivity index (χ1v) is 23.9. The van der Waals surface area contributed by atoms with Gasteiger partial charge in [-0.1, -0.05) is 13.2 Å². The van der Waals surface area contributed by atoms with Crippen molar-refractivity contribution in [1.29, 1.82) is 0 Å². The van der Waals surface area contributed by atoms with Crippen molar-refractivity contribution in [2.45, 2.75) is 128 Å². The van der Waals surface area contributed by atoms with E-state index in [2.05, 4.69) is 18.1 Å². The van der Waals surface area contributed by atoms with Gasteiger partial charge in [-0.15, -0.1) is 0 Å². The van der Waals surface area contributed by atoms with Crippen LogP contribution < -0.4 is 9.47 Å². The number of hydrogen-bond donors (Lipinski definition) is 0. The van der Waals surface area contributed by atoms with E-state index in [-0.39, 0.29) is 60.8 Å². The van der Waals surface area contributed by atoms with E-state index in [1.165, 1.54) is 0 Å². The van der Waals surface area contributed by atoms with E-state index >= 15 is 0 Å². The molecule has 0 atom stereocenters. The number of nitrogens with zero attached hydrogens (tertiary/aromatic N) is 1. The number of carbonyl (C=O) groups is 6. The van der Waals surface area contributed by atoms with Crippen molar-refractivity contribution in [3.8, 4) is 11.5 Å². The summed E-state index contributed by atoms with van der Waals surface area (Å²) in [5.74, 6) is 0.670. The third-order valence-electron chi connectivity index (χ3n) is 14.3. The number of hydrogen-bond acceptors (Lipinski definition) is 13. The molecule has 0 amide bonds. The van der Waals surface area contributed by atoms with Crippen LogP contribution in [0.25, 0.3) is 10.9 Å². The van der Waals surface area contributed by atoms with Crippen LogP contribution in [-0.4, -0.2) is 67.2 Å². The molecule has 0 radical (unpaired) electrons. The smallest absolute Gasteiger partial charge is 0.330 e. The minimum atomic E-state index is -0.449. The molecule has 2 aromatic rings. The van der Waals surface area contributed by atoms with E-state index < -0.39 is 11.9 Å². The first kappa shape index (κ1) is 48.4. The van der Waals surface area contributed by atoms with Gasteiger partial charge in [0.05, 0.1) is 50.1 Å². The van der Waals surface area contributed by atoms with Crippen molar-refractivity contribution in [3.05, 3.63) is 55.8 Å². The highest BCUT2D eigenvalue weighted by Gasteiger charge is 2.37. The highest BCUT2D eigenvalue weighted by atomic mass is 16.6. The summed E-state index contributed by atoms with van der Waals surface area (Å²) >= 11 is 0. The third kappa shape index (κ3) is 14.0. The molecule has 4 aliphatic carbocycles. The highest BCUT2D eigenvalue weighted by Crippen LogP contribution is 2.44. The molecule has 1 heterocycles. The summed E-state index contributed by atoms with van der Waals surface area (Å²) in [4.78, 5) is 79.1. The second kappa shape index (κ2) is 24.8. The van der Waals surface area contributed by atoms with Gasteiger partial charge < -0.3 is 28.4 Å². The molecule has 6 rings (SSSR count). The molecule has 0 aliphatic heterocycles. The lowest BCUT2D eigenvalue weighted by atomic mass is 9.69. The molecular formula is C51H67NO12. The van der Waals surface area contributed by atoms with Crippen molar-refractivity contribution in [2.24, 2.45) is 47.3 Å². The molecule has 1 aromatic heterocycles. The Labute approximate surface area is 377 Å². The van der Waals surface area contributed by atoms with Gasteiger partial charge in [-0.2, -0.15) is 0 Å². The minimum absolute atomic E-state index is 0.0722. The van der Waals surface area contributed by atoms with Gasteiger partial charge in [0.25, 0.3) is 0 Å². The average Bonchev–Trinajstić information content (AvgIpc) is 3.34. The summed E-state index contributed by atoms with van der Waals surface area (Å²) in [5.41, 5.74) is 0.480. The Morgan fingerprint density at radius 2 is 0.812 bits per heavy atom. The van der Waals surface area contributed by atoms with Gasteiger partial charge in [0.2, 0.25) is 0 Å². The van der Waals surface area contributed by atoms with Gasteiger partial charge in [0, 0.05) is 23.7 Å². The predicted octanol–water partition coefficient (Wildman–Crippen LogP) is 9.38. The van der Waals surface area contributed by atoms with E-state index in [0.29, 0.717) is 85.0 Å². The topological polar surface area (TPSA) is 171 Å². The molecule has 4 fully saturated rings. The lowest BCUT2D eigenvalue weighted by molar-refractivity contribution is -0.151. The van der Waals surface area contributed by atoms with Crippen LogP contribution in [0.15, 0.2) is 55.8 Å². The van der Waals surface area contributed by atoms with Crippen molar-refractivity contribution in [2.75, 3.05) is 26.4 Å². The number of pyridine rings is 1. The summed E-state index contributed by atoms with van der Waals surface area (Å²) in [5, 5.41) is 0.619. The molecule has 0 N–H and O–H groups in total. The van der Waals surface area contributed by atoms with Crippen LogP contribution in [0.1, 0.15) is 128 Å². The Kier molecular flexibility index (Phi) is 18.8. The Balaban J connectivity index is 0.878. The van der Waals surface area contributed by atoms with Gasteiger partial charge in [-0.05, 0) is 176 Å². The van der Waals surface area contributed by atoms with Crippen LogP contribution in [0.2, 0.25) is 0 Å². The van der Waals surface area contributed by atoms with E-state index in [1.807, 2.05) is 6.07 Å². The predicted molar refractivity (Wildman–Crippen MR) is 238 cm³/mol. The lowest BCUT2D eigenvalue weighted by Gasteiger charge is -2.36. The van der Waals surface area contributed by atoms with E-state index in [1.54, 1.807) is 24.4 Å². The Bertz CT molecular complexity index is 1780. The fourth-order valence-corrected chi connectivity index (χ4v) is 10.4. The Morgan fingerprint density at radius 3 is 1.20 bits per heavy atom. The number of ether oxygens (including phenoxy) is 6. The van der Waals surface area contributed by atoms with Crippen LogP contribution in [0, 0.1) is 47.3 Å². The molecule has 64 heavy (non-hydrogen) atoms. The molecule has 1 aromatic carbocycles. The number of benzene rings is 1.